The number of benzene rings is 2. The molecule has 2 rings (SSSR count). The van der Waals surface area contributed by atoms with Gasteiger partial charge in [0, 0.05) is 12.1 Å². The van der Waals surface area contributed by atoms with Crippen LogP contribution >= 0.6 is 46.4 Å². The SMILES string of the molecule is Oc1c(Cl)cccc1CNc1cc(Cl)c(Cl)cc1Cl. The summed E-state index contributed by atoms with van der Waals surface area (Å²) in [5.74, 6) is 0.0489. The van der Waals surface area contributed by atoms with Crippen molar-refractivity contribution in [1.82, 2.24) is 0 Å². The van der Waals surface area contributed by atoms with Crippen molar-refractivity contribution >= 4 is 52.1 Å². The third-order valence-corrected chi connectivity index (χ3v) is 3.89. The van der Waals surface area contributed by atoms with E-state index < -0.39 is 0 Å². The average Bonchev–Trinajstić information content (AvgIpc) is 2.37. The predicted octanol–water partition coefficient (Wildman–Crippen LogP) is 5.62. The minimum absolute atomic E-state index is 0.0489. The standard InChI is InChI=1S/C13H9Cl4NO/c14-8-3-1-2-7(13(8)19)6-18-12-5-10(16)9(15)4-11(12)17/h1-5,18-19H,6H2. The van der Waals surface area contributed by atoms with E-state index in [9.17, 15) is 5.11 Å². The van der Waals surface area contributed by atoms with E-state index in [0.717, 1.165) is 0 Å². The fourth-order valence-corrected chi connectivity index (χ4v) is 2.36. The van der Waals surface area contributed by atoms with Gasteiger partial charge in [-0.1, -0.05) is 58.5 Å². The van der Waals surface area contributed by atoms with Gasteiger partial charge in [-0.2, -0.15) is 0 Å². The molecule has 0 saturated heterocycles. The van der Waals surface area contributed by atoms with Crippen molar-refractivity contribution in [3.63, 3.8) is 0 Å². The molecule has 0 atom stereocenters. The number of aromatic hydroxyl groups is 1. The summed E-state index contributed by atoms with van der Waals surface area (Å²) in [6, 6.07) is 8.33. The molecule has 19 heavy (non-hydrogen) atoms. The normalized spacial score (nSPS) is 10.5. The Bertz CT molecular complexity index is 616. The van der Waals surface area contributed by atoms with Gasteiger partial charge in [-0.15, -0.1) is 0 Å². The van der Waals surface area contributed by atoms with E-state index in [-0.39, 0.29) is 5.75 Å². The number of para-hydroxylation sites is 1. The van der Waals surface area contributed by atoms with E-state index >= 15 is 0 Å². The Kier molecular flexibility index (Phi) is 4.69. The lowest BCUT2D eigenvalue weighted by atomic mass is 10.2. The summed E-state index contributed by atoms with van der Waals surface area (Å²) in [6.45, 7) is 0.365. The van der Waals surface area contributed by atoms with E-state index in [4.69, 9.17) is 46.4 Å². The molecule has 0 amide bonds. The van der Waals surface area contributed by atoms with Crippen LogP contribution in [0.4, 0.5) is 5.69 Å². The Morgan fingerprint density at radius 1 is 0.895 bits per heavy atom. The topological polar surface area (TPSA) is 32.3 Å². The van der Waals surface area contributed by atoms with Crippen LogP contribution in [-0.2, 0) is 6.54 Å². The number of phenolic OH excluding ortho intramolecular Hbond substituents is 1. The fraction of sp³-hybridized carbons (Fsp3) is 0.0769. The highest BCUT2D eigenvalue weighted by Crippen LogP contribution is 2.33. The minimum Gasteiger partial charge on any atom is -0.506 e. The Hall–Kier alpha value is -0.800. The van der Waals surface area contributed by atoms with E-state index in [0.29, 0.717) is 37.9 Å². The van der Waals surface area contributed by atoms with Crippen molar-refractivity contribution in [2.45, 2.75) is 6.54 Å². The van der Waals surface area contributed by atoms with Gasteiger partial charge in [0.25, 0.3) is 0 Å². The number of anilines is 1. The summed E-state index contributed by atoms with van der Waals surface area (Å²) in [6.07, 6.45) is 0. The van der Waals surface area contributed by atoms with Crippen LogP contribution in [0.25, 0.3) is 0 Å². The highest BCUT2D eigenvalue weighted by molar-refractivity contribution is 6.44. The Morgan fingerprint density at radius 3 is 2.32 bits per heavy atom. The molecular formula is C13H9Cl4NO. The monoisotopic (exact) mass is 335 g/mol. The molecule has 0 aliphatic heterocycles. The molecule has 6 heteroatoms. The van der Waals surface area contributed by atoms with Gasteiger partial charge in [0.05, 0.1) is 25.8 Å². The highest BCUT2D eigenvalue weighted by atomic mass is 35.5. The number of phenols is 1. The van der Waals surface area contributed by atoms with Gasteiger partial charge >= 0.3 is 0 Å². The highest BCUT2D eigenvalue weighted by Gasteiger charge is 2.08. The second-order valence-corrected chi connectivity index (χ2v) is 5.48. The average molecular weight is 337 g/mol. The first-order chi connectivity index (χ1) is 8.99. The van der Waals surface area contributed by atoms with Crippen LogP contribution in [0, 0.1) is 0 Å². The molecule has 0 saturated carbocycles. The molecule has 2 aromatic carbocycles. The zero-order chi connectivity index (χ0) is 14.0. The molecule has 2 aromatic rings. The molecule has 100 valence electrons. The summed E-state index contributed by atoms with van der Waals surface area (Å²) < 4.78 is 0. The molecule has 0 spiro atoms. The van der Waals surface area contributed by atoms with Crippen LogP contribution in [0.5, 0.6) is 5.75 Å². The molecule has 0 aliphatic rings. The smallest absolute Gasteiger partial charge is 0.139 e. The first kappa shape index (κ1) is 14.6. The van der Waals surface area contributed by atoms with Crippen LogP contribution in [-0.4, -0.2) is 5.11 Å². The van der Waals surface area contributed by atoms with Crippen molar-refractivity contribution in [3.8, 4) is 5.75 Å². The van der Waals surface area contributed by atoms with Crippen LogP contribution in [0.2, 0.25) is 20.1 Å². The van der Waals surface area contributed by atoms with Gasteiger partial charge in [0.15, 0.2) is 0 Å². The van der Waals surface area contributed by atoms with Gasteiger partial charge in [0.2, 0.25) is 0 Å². The zero-order valence-corrected chi connectivity index (χ0v) is 12.6. The lowest BCUT2D eigenvalue weighted by molar-refractivity contribution is 0.469. The maximum atomic E-state index is 9.79. The Balaban J connectivity index is 2.19. The van der Waals surface area contributed by atoms with Crippen molar-refractivity contribution in [2.75, 3.05) is 5.32 Å². The summed E-state index contributed by atoms with van der Waals surface area (Å²) in [5, 5.41) is 14.4. The summed E-state index contributed by atoms with van der Waals surface area (Å²) in [7, 11) is 0. The van der Waals surface area contributed by atoms with Crippen molar-refractivity contribution in [2.24, 2.45) is 0 Å². The molecule has 0 heterocycles. The molecule has 0 bridgehead atoms. The minimum atomic E-state index is 0.0489. The molecule has 2 nitrogen and oxygen atoms in total. The molecule has 2 N–H and O–H groups in total. The maximum absolute atomic E-state index is 9.79. The third-order valence-electron chi connectivity index (χ3n) is 2.55. The van der Waals surface area contributed by atoms with E-state index in [1.807, 2.05) is 0 Å². The molecular weight excluding hydrogens is 328 g/mol. The predicted molar refractivity (Wildman–Crippen MR) is 81.9 cm³/mol. The summed E-state index contributed by atoms with van der Waals surface area (Å²) in [5.41, 5.74) is 1.30. The van der Waals surface area contributed by atoms with Crippen LogP contribution in [0.15, 0.2) is 30.3 Å². The van der Waals surface area contributed by atoms with Crippen LogP contribution < -0.4 is 5.32 Å². The molecule has 0 unspecified atom stereocenters. The number of nitrogens with one attached hydrogen (secondary N) is 1. The summed E-state index contributed by atoms with van der Waals surface area (Å²) >= 11 is 23.6. The van der Waals surface area contributed by atoms with E-state index in [1.165, 1.54) is 0 Å². The van der Waals surface area contributed by atoms with Crippen molar-refractivity contribution in [1.29, 1.82) is 0 Å². The molecule has 0 radical (unpaired) electrons. The van der Waals surface area contributed by atoms with Crippen molar-refractivity contribution in [3.05, 3.63) is 56.0 Å². The first-order valence-corrected chi connectivity index (χ1v) is 6.85. The molecule has 0 aromatic heterocycles. The Morgan fingerprint density at radius 2 is 1.58 bits per heavy atom. The van der Waals surface area contributed by atoms with E-state index in [2.05, 4.69) is 5.32 Å². The van der Waals surface area contributed by atoms with Gasteiger partial charge in [-0.3, -0.25) is 0 Å². The van der Waals surface area contributed by atoms with Crippen LogP contribution in [0.3, 0.4) is 0 Å². The molecule has 0 aliphatic carbocycles. The van der Waals surface area contributed by atoms with E-state index in [1.54, 1.807) is 30.3 Å². The fourth-order valence-electron chi connectivity index (χ4n) is 1.55. The lowest BCUT2D eigenvalue weighted by Gasteiger charge is -2.11. The van der Waals surface area contributed by atoms with Crippen LogP contribution in [0.1, 0.15) is 5.56 Å². The van der Waals surface area contributed by atoms with Gasteiger partial charge in [0.1, 0.15) is 5.75 Å². The second-order valence-electron chi connectivity index (χ2n) is 3.85. The number of hydrogen-bond donors (Lipinski definition) is 2. The summed E-state index contributed by atoms with van der Waals surface area (Å²) in [4.78, 5) is 0. The maximum Gasteiger partial charge on any atom is 0.139 e. The second kappa shape index (κ2) is 6.10. The molecule has 0 fully saturated rings. The van der Waals surface area contributed by atoms with Crippen molar-refractivity contribution < 1.29 is 5.11 Å². The third kappa shape index (κ3) is 3.40. The first-order valence-electron chi connectivity index (χ1n) is 5.34. The Labute approximate surface area is 130 Å². The van der Waals surface area contributed by atoms with Gasteiger partial charge in [-0.05, 0) is 18.2 Å². The van der Waals surface area contributed by atoms with Gasteiger partial charge < -0.3 is 10.4 Å². The zero-order valence-electron chi connectivity index (χ0n) is 9.55. The number of halogens is 4. The number of hydrogen-bond acceptors (Lipinski definition) is 2. The largest absolute Gasteiger partial charge is 0.506 e. The van der Waals surface area contributed by atoms with Gasteiger partial charge in [-0.25, -0.2) is 0 Å². The number of rotatable bonds is 3. The quantitative estimate of drug-likeness (QED) is 0.713. The lowest BCUT2D eigenvalue weighted by Crippen LogP contribution is -2.00.